The van der Waals surface area contributed by atoms with E-state index >= 15 is 0 Å². The molecule has 1 aliphatic carbocycles. The highest BCUT2D eigenvalue weighted by atomic mass is 15.3. The average Bonchev–Trinajstić information content (AvgIpc) is 2.77. The van der Waals surface area contributed by atoms with Crippen LogP contribution in [0.5, 0.6) is 0 Å². The fourth-order valence-corrected chi connectivity index (χ4v) is 1.54. The quantitative estimate of drug-likeness (QED) is 0.701. The number of hydrogen-bond donors (Lipinski definition) is 1. The molecule has 1 heterocycles. The van der Waals surface area contributed by atoms with E-state index in [1.165, 1.54) is 24.2 Å². The first-order valence-corrected chi connectivity index (χ1v) is 4.39. The normalized spacial score (nSPS) is 19.6. The molecule has 1 aliphatic rings. The minimum Gasteiger partial charge on any atom is -0.330 e. The Labute approximate surface area is 72.6 Å². The van der Waals surface area contributed by atoms with Crippen LogP contribution in [-0.4, -0.2) is 16.3 Å². The maximum atomic E-state index is 5.71. The van der Waals surface area contributed by atoms with E-state index in [1.54, 1.807) is 0 Å². The molecule has 2 N–H and O–H groups in total. The van der Waals surface area contributed by atoms with Crippen LogP contribution in [-0.2, 0) is 12.5 Å². The molecule has 0 aromatic carbocycles. The standard InChI is InChI=1S/C9H15N3/c1-7-5-8(11-12(7)2)9(6-10)3-4-9/h5H,3-4,6,10H2,1-2H3. The second-order valence-electron chi connectivity index (χ2n) is 3.78. The molecule has 3 nitrogen and oxygen atoms in total. The van der Waals surface area contributed by atoms with Gasteiger partial charge in [0.05, 0.1) is 5.69 Å². The number of aryl methyl sites for hydroxylation is 2. The largest absolute Gasteiger partial charge is 0.330 e. The molecule has 1 fully saturated rings. The van der Waals surface area contributed by atoms with Crippen LogP contribution in [0.25, 0.3) is 0 Å². The van der Waals surface area contributed by atoms with Gasteiger partial charge in [0.1, 0.15) is 0 Å². The van der Waals surface area contributed by atoms with E-state index in [0.29, 0.717) is 0 Å². The topological polar surface area (TPSA) is 43.8 Å². The van der Waals surface area contributed by atoms with Gasteiger partial charge in [0.25, 0.3) is 0 Å². The molecule has 0 bridgehead atoms. The second-order valence-corrected chi connectivity index (χ2v) is 3.78. The molecule has 1 saturated carbocycles. The maximum Gasteiger partial charge on any atom is 0.0701 e. The fourth-order valence-electron chi connectivity index (χ4n) is 1.54. The first-order valence-electron chi connectivity index (χ1n) is 4.39. The van der Waals surface area contributed by atoms with Gasteiger partial charge in [-0.15, -0.1) is 0 Å². The number of nitrogens with zero attached hydrogens (tertiary/aromatic N) is 2. The predicted octanol–water partition coefficient (Wildman–Crippen LogP) is 0.719. The Balaban J connectivity index is 2.34. The van der Waals surface area contributed by atoms with Crippen LogP contribution in [0, 0.1) is 6.92 Å². The zero-order chi connectivity index (χ0) is 8.77. The monoisotopic (exact) mass is 165 g/mol. The third kappa shape index (κ3) is 0.966. The zero-order valence-corrected chi connectivity index (χ0v) is 7.67. The summed E-state index contributed by atoms with van der Waals surface area (Å²) in [6.07, 6.45) is 2.42. The highest BCUT2D eigenvalue weighted by Gasteiger charge is 2.45. The molecule has 0 aliphatic heterocycles. The molecule has 0 saturated heterocycles. The molecule has 12 heavy (non-hydrogen) atoms. The summed E-state index contributed by atoms with van der Waals surface area (Å²) in [5.74, 6) is 0. The van der Waals surface area contributed by atoms with E-state index in [0.717, 1.165) is 6.54 Å². The molecule has 1 aromatic heterocycles. The van der Waals surface area contributed by atoms with Crippen molar-refractivity contribution in [1.29, 1.82) is 0 Å². The van der Waals surface area contributed by atoms with E-state index in [9.17, 15) is 0 Å². The van der Waals surface area contributed by atoms with Crippen LogP contribution in [0.4, 0.5) is 0 Å². The number of hydrogen-bond acceptors (Lipinski definition) is 2. The first-order chi connectivity index (χ1) is 5.68. The Morgan fingerprint density at radius 1 is 1.67 bits per heavy atom. The third-order valence-electron chi connectivity index (χ3n) is 2.90. The molecule has 2 rings (SSSR count). The summed E-state index contributed by atoms with van der Waals surface area (Å²) in [6, 6.07) is 2.15. The van der Waals surface area contributed by atoms with Crippen molar-refractivity contribution >= 4 is 0 Å². The minimum absolute atomic E-state index is 0.242. The van der Waals surface area contributed by atoms with Gasteiger partial charge in [-0.2, -0.15) is 5.10 Å². The van der Waals surface area contributed by atoms with Crippen LogP contribution in [0.1, 0.15) is 24.2 Å². The Kier molecular flexibility index (Phi) is 1.51. The van der Waals surface area contributed by atoms with Gasteiger partial charge in [0, 0.05) is 24.7 Å². The van der Waals surface area contributed by atoms with Gasteiger partial charge >= 0.3 is 0 Å². The molecular weight excluding hydrogens is 150 g/mol. The van der Waals surface area contributed by atoms with Crippen LogP contribution in [0.2, 0.25) is 0 Å². The smallest absolute Gasteiger partial charge is 0.0701 e. The van der Waals surface area contributed by atoms with Crippen molar-refractivity contribution in [3.8, 4) is 0 Å². The highest BCUT2D eigenvalue weighted by molar-refractivity contribution is 5.26. The molecule has 0 spiro atoms. The summed E-state index contributed by atoms with van der Waals surface area (Å²) < 4.78 is 1.92. The lowest BCUT2D eigenvalue weighted by molar-refractivity contribution is 0.639. The van der Waals surface area contributed by atoms with Crippen LogP contribution < -0.4 is 5.73 Å². The lowest BCUT2D eigenvalue weighted by Crippen LogP contribution is -2.20. The number of aromatic nitrogens is 2. The van der Waals surface area contributed by atoms with Crippen LogP contribution in [0.3, 0.4) is 0 Å². The first kappa shape index (κ1) is 7.80. The molecule has 66 valence electrons. The predicted molar refractivity (Wildman–Crippen MR) is 47.9 cm³/mol. The summed E-state index contributed by atoms with van der Waals surface area (Å²) in [5, 5.41) is 4.45. The molecule has 0 atom stereocenters. The molecule has 0 radical (unpaired) electrons. The van der Waals surface area contributed by atoms with Crippen LogP contribution in [0.15, 0.2) is 6.07 Å². The Morgan fingerprint density at radius 2 is 2.33 bits per heavy atom. The maximum absolute atomic E-state index is 5.71. The molecule has 0 amide bonds. The van der Waals surface area contributed by atoms with Crippen molar-refractivity contribution in [3.63, 3.8) is 0 Å². The second kappa shape index (κ2) is 2.33. The van der Waals surface area contributed by atoms with Crippen molar-refractivity contribution in [1.82, 2.24) is 9.78 Å². The van der Waals surface area contributed by atoms with Crippen molar-refractivity contribution in [3.05, 3.63) is 17.5 Å². The number of rotatable bonds is 2. The van der Waals surface area contributed by atoms with Crippen LogP contribution >= 0.6 is 0 Å². The average molecular weight is 165 g/mol. The van der Waals surface area contributed by atoms with Crippen molar-refractivity contribution in [2.24, 2.45) is 12.8 Å². The summed E-state index contributed by atoms with van der Waals surface area (Å²) >= 11 is 0. The molecule has 0 unspecified atom stereocenters. The third-order valence-corrected chi connectivity index (χ3v) is 2.90. The fraction of sp³-hybridized carbons (Fsp3) is 0.667. The van der Waals surface area contributed by atoms with E-state index in [-0.39, 0.29) is 5.41 Å². The minimum atomic E-state index is 0.242. The number of nitrogens with two attached hydrogens (primary N) is 1. The zero-order valence-electron chi connectivity index (χ0n) is 7.67. The van der Waals surface area contributed by atoms with Gasteiger partial charge in [0.15, 0.2) is 0 Å². The summed E-state index contributed by atoms with van der Waals surface area (Å²) in [5.41, 5.74) is 8.35. The van der Waals surface area contributed by atoms with Crippen molar-refractivity contribution in [2.45, 2.75) is 25.2 Å². The van der Waals surface area contributed by atoms with Gasteiger partial charge in [-0.25, -0.2) is 0 Å². The lowest BCUT2D eigenvalue weighted by atomic mass is 10.0. The van der Waals surface area contributed by atoms with Gasteiger partial charge in [-0.05, 0) is 25.8 Å². The Hall–Kier alpha value is -0.830. The highest BCUT2D eigenvalue weighted by Crippen LogP contribution is 2.46. The van der Waals surface area contributed by atoms with E-state index < -0.39 is 0 Å². The van der Waals surface area contributed by atoms with Gasteiger partial charge in [-0.1, -0.05) is 0 Å². The summed E-state index contributed by atoms with van der Waals surface area (Å²) in [7, 11) is 1.98. The van der Waals surface area contributed by atoms with Crippen molar-refractivity contribution in [2.75, 3.05) is 6.54 Å². The summed E-state index contributed by atoms with van der Waals surface area (Å²) in [4.78, 5) is 0. The van der Waals surface area contributed by atoms with Crippen molar-refractivity contribution < 1.29 is 0 Å². The van der Waals surface area contributed by atoms with Gasteiger partial charge in [-0.3, -0.25) is 4.68 Å². The lowest BCUT2D eigenvalue weighted by Gasteiger charge is -2.06. The van der Waals surface area contributed by atoms with E-state index in [1.807, 2.05) is 11.7 Å². The molecule has 1 aromatic rings. The Bertz CT molecular complexity index is 277. The van der Waals surface area contributed by atoms with Gasteiger partial charge in [0.2, 0.25) is 0 Å². The molecule has 3 heteroatoms. The Morgan fingerprint density at radius 3 is 2.67 bits per heavy atom. The SMILES string of the molecule is Cc1cc(C2(CN)CC2)nn1C. The molecular formula is C9H15N3. The van der Waals surface area contributed by atoms with E-state index in [4.69, 9.17) is 5.73 Å². The van der Waals surface area contributed by atoms with E-state index in [2.05, 4.69) is 18.1 Å². The summed E-state index contributed by atoms with van der Waals surface area (Å²) in [6.45, 7) is 2.81. The van der Waals surface area contributed by atoms with Gasteiger partial charge < -0.3 is 5.73 Å².